The van der Waals surface area contributed by atoms with Crippen molar-refractivity contribution in [1.82, 2.24) is 15.1 Å². The number of likely N-dealkylation sites (N-methyl/N-ethyl adjacent to an activating group) is 1. The predicted molar refractivity (Wildman–Crippen MR) is 77.1 cm³/mol. The number of hydrogen-bond acceptors (Lipinski definition) is 4. The minimum Gasteiger partial charge on any atom is -0.378 e. The van der Waals surface area contributed by atoms with E-state index in [2.05, 4.69) is 35.9 Å². The third kappa shape index (κ3) is 5.65. The van der Waals surface area contributed by atoms with Crippen molar-refractivity contribution in [2.24, 2.45) is 0 Å². The second kappa shape index (κ2) is 9.73. The predicted octanol–water partition coefficient (Wildman–Crippen LogP) is 1.03. The van der Waals surface area contributed by atoms with Crippen LogP contribution in [0.2, 0.25) is 0 Å². The summed E-state index contributed by atoms with van der Waals surface area (Å²) in [5.41, 5.74) is 0. The zero-order valence-electron chi connectivity index (χ0n) is 12.5. The van der Waals surface area contributed by atoms with Crippen LogP contribution in [0.4, 0.5) is 0 Å². The van der Waals surface area contributed by atoms with Crippen molar-refractivity contribution in [2.45, 2.75) is 33.2 Å². The van der Waals surface area contributed by atoms with Crippen LogP contribution in [-0.4, -0.2) is 74.9 Å². The van der Waals surface area contributed by atoms with Gasteiger partial charge in [-0.1, -0.05) is 20.8 Å². The van der Waals surface area contributed by atoms with Crippen LogP contribution in [0, 0.1) is 0 Å². The van der Waals surface area contributed by atoms with Crippen molar-refractivity contribution in [3.63, 3.8) is 0 Å². The maximum absolute atomic E-state index is 5.52. The van der Waals surface area contributed by atoms with Crippen LogP contribution in [0.25, 0.3) is 0 Å². The maximum atomic E-state index is 5.52. The number of morpholine rings is 1. The van der Waals surface area contributed by atoms with Gasteiger partial charge >= 0.3 is 0 Å². The number of nitrogens with zero attached hydrogens (tertiary/aromatic N) is 2. The van der Waals surface area contributed by atoms with Gasteiger partial charge in [0.15, 0.2) is 0 Å². The molecule has 0 saturated carbocycles. The summed E-state index contributed by atoms with van der Waals surface area (Å²) in [6.45, 7) is 16.4. The zero-order valence-corrected chi connectivity index (χ0v) is 12.5. The molecule has 1 atom stereocenters. The van der Waals surface area contributed by atoms with Gasteiger partial charge in [0.2, 0.25) is 0 Å². The summed E-state index contributed by atoms with van der Waals surface area (Å²) in [7, 11) is 0. The zero-order chi connectivity index (χ0) is 13.2. The van der Waals surface area contributed by atoms with Crippen LogP contribution in [0.3, 0.4) is 0 Å². The summed E-state index contributed by atoms with van der Waals surface area (Å²) in [5, 5.41) is 3.55. The Morgan fingerprint density at radius 3 is 2.67 bits per heavy atom. The molecular formula is C14H31N3O. The Hall–Kier alpha value is -0.160. The van der Waals surface area contributed by atoms with E-state index in [0.29, 0.717) is 6.04 Å². The van der Waals surface area contributed by atoms with Crippen molar-refractivity contribution in [2.75, 3.05) is 59.0 Å². The molecule has 0 radical (unpaired) electrons. The summed E-state index contributed by atoms with van der Waals surface area (Å²) >= 11 is 0. The average Bonchev–Trinajstić information content (AvgIpc) is 2.43. The van der Waals surface area contributed by atoms with E-state index in [1.165, 1.54) is 6.42 Å². The molecule has 1 aliphatic heterocycles. The topological polar surface area (TPSA) is 27.7 Å². The SMILES string of the molecule is CCC1COCCN1CCNCCN(CC)CC. The molecular weight excluding hydrogens is 226 g/mol. The van der Waals surface area contributed by atoms with E-state index in [-0.39, 0.29) is 0 Å². The van der Waals surface area contributed by atoms with Crippen LogP contribution >= 0.6 is 0 Å². The van der Waals surface area contributed by atoms with Crippen molar-refractivity contribution in [3.05, 3.63) is 0 Å². The highest BCUT2D eigenvalue weighted by molar-refractivity contribution is 4.74. The standard InChI is InChI=1S/C14H31N3O/c1-4-14-13-18-12-11-17(14)10-8-15-7-9-16(5-2)6-3/h14-15H,4-13H2,1-3H3. The number of rotatable bonds is 9. The van der Waals surface area contributed by atoms with Gasteiger partial charge in [-0.15, -0.1) is 0 Å². The highest BCUT2D eigenvalue weighted by Crippen LogP contribution is 2.08. The molecule has 0 bridgehead atoms. The van der Waals surface area contributed by atoms with Gasteiger partial charge in [-0.05, 0) is 19.5 Å². The summed E-state index contributed by atoms with van der Waals surface area (Å²) in [4.78, 5) is 5.02. The number of nitrogens with one attached hydrogen (secondary N) is 1. The summed E-state index contributed by atoms with van der Waals surface area (Å²) in [6, 6.07) is 0.628. The lowest BCUT2D eigenvalue weighted by atomic mass is 10.2. The van der Waals surface area contributed by atoms with E-state index < -0.39 is 0 Å². The lowest BCUT2D eigenvalue weighted by molar-refractivity contribution is -0.00785. The van der Waals surface area contributed by atoms with E-state index >= 15 is 0 Å². The third-order valence-corrected chi connectivity index (χ3v) is 3.90. The fourth-order valence-corrected chi connectivity index (χ4v) is 2.48. The first kappa shape index (κ1) is 15.9. The minimum absolute atomic E-state index is 0.628. The van der Waals surface area contributed by atoms with Crippen LogP contribution < -0.4 is 5.32 Å². The van der Waals surface area contributed by atoms with E-state index in [1.54, 1.807) is 0 Å². The van der Waals surface area contributed by atoms with Gasteiger partial charge in [0, 0.05) is 38.8 Å². The van der Waals surface area contributed by atoms with Crippen molar-refractivity contribution in [1.29, 1.82) is 0 Å². The molecule has 0 aromatic rings. The Morgan fingerprint density at radius 1 is 1.22 bits per heavy atom. The third-order valence-electron chi connectivity index (χ3n) is 3.90. The molecule has 1 N–H and O–H groups in total. The first-order valence-electron chi connectivity index (χ1n) is 7.56. The quantitative estimate of drug-likeness (QED) is 0.624. The van der Waals surface area contributed by atoms with E-state index in [0.717, 1.165) is 59.0 Å². The Balaban J connectivity index is 2.06. The van der Waals surface area contributed by atoms with Gasteiger partial charge in [0.25, 0.3) is 0 Å². The second-order valence-corrected chi connectivity index (χ2v) is 4.95. The molecule has 108 valence electrons. The Bertz CT molecular complexity index is 197. The van der Waals surface area contributed by atoms with Crippen LogP contribution in [-0.2, 0) is 4.74 Å². The Labute approximate surface area is 113 Å². The van der Waals surface area contributed by atoms with Crippen LogP contribution in [0.15, 0.2) is 0 Å². The van der Waals surface area contributed by atoms with Crippen molar-refractivity contribution < 1.29 is 4.74 Å². The molecule has 1 unspecified atom stereocenters. The fraction of sp³-hybridized carbons (Fsp3) is 1.00. The van der Waals surface area contributed by atoms with E-state index in [9.17, 15) is 0 Å². The first-order chi connectivity index (χ1) is 8.81. The molecule has 1 heterocycles. The molecule has 1 fully saturated rings. The van der Waals surface area contributed by atoms with Gasteiger partial charge in [-0.3, -0.25) is 4.90 Å². The smallest absolute Gasteiger partial charge is 0.0622 e. The molecule has 1 aliphatic rings. The molecule has 1 rings (SSSR count). The normalized spacial score (nSPS) is 21.7. The van der Waals surface area contributed by atoms with Crippen molar-refractivity contribution in [3.8, 4) is 0 Å². The summed E-state index contributed by atoms with van der Waals surface area (Å²) in [6.07, 6.45) is 1.19. The molecule has 1 saturated heterocycles. The molecule has 0 aromatic carbocycles. The van der Waals surface area contributed by atoms with Gasteiger partial charge in [0.05, 0.1) is 13.2 Å². The van der Waals surface area contributed by atoms with Crippen LogP contribution in [0.1, 0.15) is 27.2 Å². The molecule has 18 heavy (non-hydrogen) atoms. The number of ether oxygens (including phenoxy) is 1. The van der Waals surface area contributed by atoms with E-state index in [4.69, 9.17) is 4.74 Å². The molecule has 4 nitrogen and oxygen atoms in total. The summed E-state index contributed by atoms with van der Waals surface area (Å²) < 4.78 is 5.52. The van der Waals surface area contributed by atoms with Gasteiger partial charge in [-0.25, -0.2) is 0 Å². The second-order valence-electron chi connectivity index (χ2n) is 4.95. The summed E-state index contributed by atoms with van der Waals surface area (Å²) in [5.74, 6) is 0. The lowest BCUT2D eigenvalue weighted by Gasteiger charge is -2.35. The largest absolute Gasteiger partial charge is 0.378 e. The van der Waals surface area contributed by atoms with Crippen molar-refractivity contribution >= 4 is 0 Å². The molecule has 0 aliphatic carbocycles. The lowest BCUT2D eigenvalue weighted by Crippen LogP contribution is -2.47. The monoisotopic (exact) mass is 257 g/mol. The first-order valence-corrected chi connectivity index (χ1v) is 7.56. The highest BCUT2D eigenvalue weighted by atomic mass is 16.5. The molecule has 0 spiro atoms. The fourth-order valence-electron chi connectivity index (χ4n) is 2.48. The molecule has 0 aromatic heterocycles. The van der Waals surface area contributed by atoms with Gasteiger partial charge < -0.3 is 15.0 Å². The van der Waals surface area contributed by atoms with Gasteiger partial charge in [-0.2, -0.15) is 0 Å². The van der Waals surface area contributed by atoms with Gasteiger partial charge in [0.1, 0.15) is 0 Å². The highest BCUT2D eigenvalue weighted by Gasteiger charge is 2.20. The average molecular weight is 257 g/mol. The van der Waals surface area contributed by atoms with E-state index in [1.807, 2.05) is 0 Å². The minimum atomic E-state index is 0.628. The maximum Gasteiger partial charge on any atom is 0.0622 e. The Kier molecular flexibility index (Phi) is 8.59. The molecule has 0 amide bonds. The Morgan fingerprint density at radius 2 is 2.00 bits per heavy atom. The molecule has 4 heteroatoms. The van der Waals surface area contributed by atoms with Crippen LogP contribution in [0.5, 0.6) is 0 Å². The number of hydrogen-bond donors (Lipinski definition) is 1.